The van der Waals surface area contributed by atoms with Gasteiger partial charge in [-0.05, 0) is 36.2 Å². The van der Waals surface area contributed by atoms with Gasteiger partial charge in [0.1, 0.15) is 5.65 Å². The van der Waals surface area contributed by atoms with E-state index in [0.29, 0.717) is 12.3 Å². The van der Waals surface area contributed by atoms with Crippen LogP contribution >= 0.6 is 0 Å². The molecule has 2 N–H and O–H groups in total. The van der Waals surface area contributed by atoms with Crippen LogP contribution in [-0.2, 0) is 6.42 Å². The van der Waals surface area contributed by atoms with Gasteiger partial charge in [0.2, 0.25) is 0 Å². The largest absolute Gasteiger partial charge is 0.459 e. The summed E-state index contributed by atoms with van der Waals surface area (Å²) < 4.78 is 5.03. The predicted octanol–water partition coefficient (Wildman–Crippen LogP) is 2.13. The third-order valence-corrected chi connectivity index (χ3v) is 2.96. The molecule has 0 fully saturated rings. The van der Waals surface area contributed by atoms with E-state index < -0.39 is 0 Å². The Hall–Kier alpha value is -2.56. The standard InChI is InChI=1S/C14H13N3O2/c18-14(12-4-2-8-19-12)16-7-5-10-9-17-13-11(10)3-1-6-15-13/h1-4,6,8-9H,5,7H2,(H,15,17)(H,16,18). The molecule has 0 saturated heterocycles. The maximum Gasteiger partial charge on any atom is 0.286 e. The van der Waals surface area contributed by atoms with Crippen molar-refractivity contribution in [3.63, 3.8) is 0 Å². The van der Waals surface area contributed by atoms with Gasteiger partial charge in [0.05, 0.1) is 6.26 Å². The van der Waals surface area contributed by atoms with E-state index in [2.05, 4.69) is 15.3 Å². The van der Waals surface area contributed by atoms with Gasteiger partial charge in [-0.1, -0.05) is 0 Å². The molecule has 3 heterocycles. The number of hydrogen-bond donors (Lipinski definition) is 2. The average molecular weight is 255 g/mol. The van der Waals surface area contributed by atoms with Crippen LogP contribution in [-0.4, -0.2) is 22.4 Å². The summed E-state index contributed by atoms with van der Waals surface area (Å²) in [6, 6.07) is 7.26. The molecular formula is C14H13N3O2. The lowest BCUT2D eigenvalue weighted by atomic mass is 10.1. The Balaban J connectivity index is 1.62. The van der Waals surface area contributed by atoms with Gasteiger partial charge in [0.15, 0.2) is 5.76 Å². The number of rotatable bonds is 4. The summed E-state index contributed by atoms with van der Waals surface area (Å²) >= 11 is 0. The summed E-state index contributed by atoms with van der Waals surface area (Å²) in [5.41, 5.74) is 2.01. The minimum absolute atomic E-state index is 0.192. The van der Waals surface area contributed by atoms with Crippen LogP contribution in [0.25, 0.3) is 11.0 Å². The van der Waals surface area contributed by atoms with Crippen LogP contribution in [0.1, 0.15) is 16.1 Å². The van der Waals surface area contributed by atoms with E-state index in [4.69, 9.17) is 4.42 Å². The van der Waals surface area contributed by atoms with Crippen molar-refractivity contribution in [2.24, 2.45) is 0 Å². The number of amides is 1. The van der Waals surface area contributed by atoms with Crippen LogP contribution < -0.4 is 5.32 Å². The van der Waals surface area contributed by atoms with Crippen LogP contribution in [0.5, 0.6) is 0 Å². The zero-order chi connectivity index (χ0) is 13.1. The number of carbonyl (C=O) groups excluding carboxylic acids is 1. The molecule has 3 aromatic heterocycles. The molecule has 0 aliphatic carbocycles. The number of nitrogens with zero attached hydrogens (tertiary/aromatic N) is 1. The molecule has 3 aromatic rings. The fraction of sp³-hybridized carbons (Fsp3) is 0.143. The minimum Gasteiger partial charge on any atom is -0.459 e. The van der Waals surface area contributed by atoms with E-state index in [1.807, 2.05) is 18.3 Å². The van der Waals surface area contributed by atoms with Gasteiger partial charge < -0.3 is 14.7 Å². The van der Waals surface area contributed by atoms with Crippen molar-refractivity contribution >= 4 is 16.9 Å². The van der Waals surface area contributed by atoms with Crippen LogP contribution in [0.4, 0.5) is 0 Å². The number of aromatic nitrogens is 2. The first-order chi connectivity index (χ1) is 9.34. The Labute approximate surface area is 109 Å². The number of fused-ring (bicyclic) bond motifs is 1. The van der Waals surface area contributed by atoms with Crippen LogP contribution in [0.3, 0.4) is 0 Å². The number of furan rings is 1. The van der Waals surface area contributed by atoms with Crippen molar-refractivity contribution < 1.29 is 9.21 Å². The van der Waals surface area contributed by atoms with Gasteiger partial charge >= 0.3 is 0 Å². The number of hydrogen-bond acceptors (Lipinski definition) is 3. The van der Waals surface area contributed by atoms with E-state index in [0.717, 1.165) is 23.0 Å². The average Bonchev–Trinajstić information content (AvgIpc) is 3.08. The molecule has 1 amide bonds. The van der Waals surface area contributed by atoms with Crippen molar-refractivity contribution in [2.75, 3.05) is 6.54 Å². The molecule has 96 valence electrons. The Morgan fingerprint density at radius 2 is 2.32 bits per heavy atom. The lowest BCUT2D eigenvalue weighted by Gasteiger charge is -2.02. The lowest BCUT2D eigenvalue weighted by molar-refractivity contribution is 0.0926. The van der Waals surface area contributed by atoms with Gasteiger partial charge in [0.25, 0.3) is 5.91 Å². The summed E-state index contributed by atoms with van der Waals surface area (Å²) in [5.74, 6) is 0.142. The van der Waals surface area contributed by atoms with Crippen molar-refractivity contribution in [3.05, 3.63) is 54.2 Å². The molecular weight excluding hydrogens is 242 g/mol. The maximum absolute atomic E-state index is 11.7. The van der Waals surface area contributed by atoms with Gasteiger partial charge in [0, 0.05) is 24.3 Å². The number of carbonyl (C=O) groups is 1. The molecule has 5 heteroatoms. The molecule has 0 spiro atoms. The van der Waals surface area contributed by atoms with Crippen LogP contribution in [0.15, 0.2) is 47.3 Å². The van der Waals surface area contributed by atoms with Crippen molar-refractivity contribution in [2.45, 2.75) is 6.42 Å². The van der Waals surface area contributed by atoms with E-state index in [9.17, 15) is 4.79 Å². The third-order valence-electron chi connectivity index (χ3n) is 2.96. The molecule has 0 aromatic carbocycles. The van der Waals surface area contributed by atoms with Gasteiger partial charge in [-0.3, -0.25) is 4.79 Å². The monoisotopic (exact) mass is 255 g/mol. The molecule has 0 radical (unpaired) electrons. The predicted molar refractivity (Wildman–Crippen MR) is 70.8 cm³/mol. The van der Waals surface area contributed by atoms with Gasteiger partial charge in [-0.15, -0.1) is 0 Å². The molecule has 5 nitrogen and oxygen atoms in total. The highest BCUT2D eigenvalue weighted by molar-refractivity contribution is 5.91. The molecule has 0 unspecified atom stereocenters. The van der Waals surface area contributed by atoms with E-state index in [-0.39, 0.29) is 5.91 Å². The highest BCUT2D eigenvalue weighted by atomic mass is 16.3. The van der Waals surface area contributed by atoms with Crippen molar-refractivity contribution in [1.82, 2.24) is 15.3 Å². The van der Waals surface area contributed by atoms with Gasteiger partial charge in [-0.25, -0.2) is 4.98 Å². The Morgan fingerprint density at radius 3 is 3.16 bits per heavy atom. The first kappa shape index (κ1) is 11.5. The van der Waals surface area contributed by atoms with E-state index in [1.165, 1.54) is 6.26 Å². The number of pyridine rings is 1. The smallest absolute Gasteiger partial charge is 0.286 e. The van der Waals surface area contributed by atoms with E-state index >= 15 is 0 Å². The number of nitrogens with one attached hydrogen (secondary N) is 2. The summed E-state index contributed by atoms with van der Waals surface area (Å²) in [6.45, 7) is 0.557. The van der Waals surface area contributed by atoms with Gasteiger partial charge in [-0.2, -0.15) is 0 Å². The van der Waals surface area contributed by atoms with Crippen LogP contribution in [0, 0.1) is 0 Å². The summed E-state index contributed by atoms with van der Waals surface area (Å²) in [5, 5.41) is 3.91. The fourth-order valence-electron chi connectivity index (χ4n) is 2.03. The molecule has 0 bridgehead atoms. The molecule has 0 aliphatic rings. The summed E-state index contributed by atoms with van der Waals surface area (Å²) in [7, 11) is 0. The van der Waals surface area contributed by atoms with Crippen molar-refractivity contribution in [3.8, 4) is 0 Å². The molecule has 0 aliphatic heterocycles. The Bertz CT molecular complexity index is 686. The Morgan fingerprint density at radius 1 is 1.37 bits per heavy atom. The lowest BCUT2D eigenvalue weighted by Crippen LogP contribution is -2.25. The molecule has 0 saturated carbocycles. The normalized spacial score (nSPS) is 10.7. The zero-order valence-corrected chi connectivity index (χ0v) is 10.2. The fourth-order valence-corrected chi connectivity index (χ4v) is 2.03. The SMILES string of the molecule is O=C(NCCc1c[nH]c2ncccc12)c1ccco1. The van der Waals surface area contributed by atoms with E-state index in [1.54, 1.807) is 18.3 Å². The third kappa shape index (κ3) is 2.35. The number of H-pyrrole nitrogens is 1. The molecule has 0 atom stereocenters. The minimum atomic E-state index is -0.192. The first-order valence-electron chi connectivity index (χ1n) is 6.07. The van der Waals surface area contributed by atoms with Crippen LogP contribution in [0.2, 0.25) is 0 Å². The second-order valence-corrected chi connectivity index (χ2v) is 4.20. The second kappa shape index (κ2) is 4.97. The highest BCUT2D eigenvalue weighted by Gasteiger charge is 2.08. The van der Waals surface area contributed by atoms with Crippen molar-refractivity contribution in [1.29, 1.82) is 0 Å². The highest BCUT2D eigenvalue weighted by Crippen LogP contribution is 2.15. The maximum atomic E-state index is 11.7. The zero-order valence-electron chi connectivity index (χ0n) is 10.2. The quantitative estimate of drug-likeness (QED) is 0.750. The molecule has 3 rings (SSSR count). The topological polar surface area (TPSA) is 70.9 Å². The number of aromatic amines is 1. The molecule has 19 heavy (non-hydrogen) atoms. The first-order valence-corrected chi connectivity index (χ1v) is 6.07. The summed E-state index contributed by atoms with van der Waals surface area (Å²) in [6.07, 6.45) is 5.91. The Kier molecular flexibility index (Phi) is 3.02. The second-order valence-electron chi connectivity index (χ2n) is 4.20. The summed E-state index contributed by atoms with van der Waals surface area (Å²) in [4.78, 5) is 19.0.